The van der Waals surface area contributed by atoms with Crippen molar-refractivity contribution in [3.05, 3.63) is 29.8 Å². The van der Waals surface area contributed by atoms with E-state index in [-0.39, 0.29) is 19.1 Å². The summed E-state index contributed by atoms with van der Waals surface area (Å²) in [6.45, 7) is 1.08. The van der Waals surface area contributed by atoms with Gasteiger partial charge >= 0.3 is 5.97 Å². The zero-order valence-corrected chi connectivity index (χ0v) is 12.5. The lowest BCUT2D eigenvalue weighted by atomic mass is 9.93. The molecule has 0 radical (unpaired) electrons. The van der Waals surface area contributed by atoms with Gasteiger partial charge in [-0.3, -0.25) is 9.69 Å². The molecule has 0 aromatic heterocycles. The van der Waals surface area contributed by atoms with Crippen molar-refractivity contribution in [3.8, 4) is 5.75 Å². The predicted molar refractivity (Wildman–Crippen MR) is 77.6 cm³/mol. The summed E-state index contributed by atoms with van der Waals surface area (Å²) in [5, 5.41) is 9.47. The number of aliphatic carboxylic acids is 1. The number of carbonyl (C=O) groups is 1. The van der Waals surface area contributed by atoms with Crippen molar-refractivity contribution in [2.45, 2.75) is 37.3 Å². The summed E-state index contributed by atoms with van der Waals surface area (Å²) in [7, 11) is 1.61. The van der Waals surface area contributed by atoms with E-state index in [2.05, 4.69) is 0 Å². The number of carboxylic acids is 1. The summed E-state index contributed by atoms with van der Waals surface area (Å²) in [6, 6.07) is 7.55. The maximum absolute atomic E-state index is 13.5. The van der Waals surface area contributed by atoms with Crippen LogP contribution >= 0.6 is 0 Å². The first-order valence-electron chi connectivity index (χ1n) is 7.40. The first-order valence-corrected chi connectivity index (χ1v) is 7.40. The Morgan fingerprint density at radius 2 is 2.09 bits per heavy atom. The number of fused-ring (bicyclic) bond motifs is 1. The van der Waals surface area contributed by atoms with E-state index < -0.39 is 17.7 Å². The number of methoxy groups -OCH3 is 1. The van der Waals surface area contributed by atoms with Gasteiger partial charge in [-0.15, -0.1) is 0 Å². The molecule has 3 atom stereocenters. The predicted octanol–water partition coefficient (Wildman–Crippen LogP) is 1.85. The fraction of sp³-hybridized carbons (Fsp3) is 0.562. The van der Waals surface area contributed by atoms with Crippen molar-refractivity contribution >= 4 is 5.97 Å². The summed E-state index contributed by atoms with van der Waals surface area (Å²) in [4.78, 5) is 13.3. The molecule has 0 amide bonds. The molecule has 2 fully saturated rings. The third kappa shape index (κ3) is 2.68. The van der Waals surface area contributed by atoms with Crippen molar-refractivity contribution < 1.29 is 23.8 Å². The molecule has 1 aromatic rings. The molecule has 0 saturated carbocycles. The molecule has 0 aliphatic carbocycles. The van der Waals surface area contributed by atoms with Crippen molar-refractivity contribution in [2.75, 3.05) is 20.2 Å². The van der Waals surface area contributed by atoms with E-state index in [1.165, 1.54) is 0 Å². The van der Waals surface area contributed by atoms with Crippen LogP contribution in [0.25, 0.3) is 0 Å². The van der Waals surface area contributed by atoms with Crippen LogP contribution < -0.4 is 4.74 Å². The third-order valence-corrected chi connectivity index (χ3v) is 4.62. The standard InChI is InChI=1S/C16H20FNO4/c1-21-13-4-2-11(3-5-13)10-22-14-7-16(15(19)20)6-12(17)8-18(16)9-14/h2-5,12,14H,6-10H2,1H3,(H,19,20)/t12-,14-,16-/m1/s1. The number of halogens is 1. The van der Waals surface area contributed by atoms with Crippen LogP contribution in [0, 0.1) is 0 Å². The number of nitrogens with zero attached hydrogens (tertiary/aromatic N) is 1. The molecule has 0 bridgehead atoms. The highest BCUT2D eigenvalue weighted by Crippen LogP contribution is 2.41. The molecule has 1 N–H and O–H groups in total. The quantitative estimate of drug-likeness (QED) is 0.899. The van der Waals surface area contributed by atoms with Crippen molar-refractivity contribution in [1.29, 1.82) is 0 Å². The molecule has 0 unspecified atom stereocenters. The minimum atomic E-state index is -1.08. The second-order valence-electron chi connectivity index (χ2n) is 6.03. The molecule has 120 valence electrons. The third-order valence-electron chi connectivity index (χ3n) is 4.62. The van der Waals surface area contributed by atoms with E-state index in [0.29, 0.717) is 19.6 Å². The molecular weight excluding hydrogens is 289 g/mol. The van der Waals surface area contributed by atoms with Gasteiger partial charge in [-0.25, -0.2) is 4.39 Å². The smallest absolute Gasteiger partial charge is 0.324 e. The summed E-state index contributed by atoms with van der Waals surface area (Å²) >= 11 is 0. The maximum atomic E-state index is 13.5. The Bertz CT molecular complexity index is 550. The molecule has 22 heavy (non-hydrogen) atoms. The average Bonchev–Trinajstić information content (AvgIpc) is 2.99. The Balaban J connectivity index is 1.60. The van der Waals surface area contributed by atoms with E-state index in [9.17, 15) is 14.3 Å². The van der Waals surface area contributed by atoms with E-state index >= 15 is 0 Å². The van der Waals surface area contributed by atoms with Crippen LogP contribution in [0.15, 0.2) is 24.3 Å². The summed E-state index contributed by atoms with van der Waals surface area (Å²) in [6.07, 6.45) is -0.826. The zero-order chi connectivity index (χ0) is 15.7. The fourth-order valence-electron chi connectivity index (χ4n) is 3.48. The Labute approximate surface area is 128 Å². The molecule has 2 aliphatic rings. The molecule has 2 aliphatic heterocycles. The second kappa shape index (κ2) is 5.85. The number of hydrogen-bond donors (Lipinski definition) is 1. The van der Waals surface area contributed by atoms with Gasteiger partial charge < -0.3 is 14.6 Å². The minimum Gasteiger partial charge on any atom is -0.497 e. The number of alkyl halides is 1. The van der Waals surface area contributed by atoms with Gasteiger partial charge in [0.05, 0.1) is 19.8 Å². The number of carboxylic acid groups (broad SMARTS) is 1. The lowest BCUT2D eigenvalue weighted by Crippen LogP contribution is -2.45. The van der Waals surface area contributed by atoms with Crippen LogP contribution in [0.2, 0.25) is 0 Å². The van der Waals surface area contributed by atoms with Crippen LogP contribution in [-0.2, 0) is 16.1 Å². The van der Waals surface area contributed by atoms with Gasteiger partial charge in [-0.1, -0.05) is 12.1 Å². The topological polar surface area (TPSA) is 59.0 Å². The average molecular weight is 309 g/mol. The van der Waals surface area contributed by atoms with Gasteiger partial charge in [-0.05, 0) is 17.7 Å². The highest BCUT2D eigenvalue weighted by Gasteiger charge is 2.57. The number of ether oxygens (including phenoxy) is 2. The largest absolute Gasteiger partial charge is 0.497 e. The normalized spacial score (nSPS) is 31.2. The number of hydrogen-bond acceptors (Lipinski definition) is 4. The van der Waals surface area contributed by atoms with E-state index in [1.807, 2.05) is 24.3 Å². The Kier molecular flexibility index (Phi) is 4.06. The van der Waals surface area contributed by atoms with Gasteiger partial charge in [0.15, 0.2) is 0 Å². The lowest BCUT2D eigenvalue weighted by molar-refractivity contribution is -0.148. The molecule has 2 heterocycles. The van der Waals surface area contributed by atoms with Crippen molar-refractivity contribution in [2.24, 2.45) is 0 Å². The monoisotopic (exact) mass is 309 g/mol. The van der Waals surface area contributed by atoms with Crippen molar-refractivity contribution in [3.63, 3.8) is 0 Å². The molecule has 0 spiro atoms. The Morgan fingerprint density at radius 3 is 2.68 bits per heavy atom. The molecule has 6 heteroatoms. The van der Waals surface area contributed by atoms with E-state index in [4.69, 9.17) is 9.47 Å². The summed E-state index contributed by atoms with van der Waals surface area (Å²) in [5.41, 5.74) is -0.0788. The van der Waals surface area contributed by atoms with Gasteiger partial charge in [0.25, 0.3) is 0 Å². The summed E-state index contributed by atoms with van der Waals surface area (Å²) in [5.74, 6) is -0.160. The number of rotatable bonds is 5. The molecule has 5 nitrogen and oxygen atoms in total. The van der Waals surface area contributed by atoms with Gasteiger partial charge in [0.2, 0.25) is 0 Å². The lowest BCUT2D eigenvalue weighted by Gasteiger charge is -2.25. The van der Waals surface area contributed by atoms with Crippen LogP contribution in [0.5, 0.6) is 5.75 Å². The van der Waals surface area contributed by atoms with Crippen LogP contribution in [0.4, 0.5) is 4.39 Å². The molecule has 1 aromatic carbocycles. The summed E-state index contributed by atoms with van der Waals surface area (Å²) < 4.78 is 24.5. The molecular formula is C16H20FNO4. The Morgan fingerprint density at radius 1 is 1.36 bits per heavy atom. The second-order valence-corrected chi connectivity index (χ2v) is 6.03. The van der Waals surface area contributed by atoms with Gasteiger partial charge in [0.1, 0.15) is 17.5 Å². The molecule has 3 rings (SSSR count). The SMILES string of the molecule is COc1ccc(CO[C@H]2CN3C[C@H](F)C[C@]3(C(=O)O)C2)cc1. The fourth-order valence-corrected chi connectivity index (χ4v) is 3.48. The Hall–Kier alpha value is -1.66. The zero-order valence-electron chi connectivity index (χ0n) is 12.5. The minimum absolute atomic E-state index is 0.0602. The van der Waals surface area contributed by atoms with E-state index in [0.717, 1.165) is 11.3 Å². The van der Waals surface area contributed by atoms with Crippen LogP contribution in [0.3, 0.4) is 0 Å². The number of benzene rings is 1. The first kappa shape index (κ1) is 15.2. The first-order chi connectivity index (χ1) is 10.5. The van der Waals surface area contributed by atoms with E-state index in [1.54, 1.807) is 12.0 Å². The molecule has 2 saturated heterocycles. The van der Waals surface area contributed by atoms with Crippen molar-refractivity contribution in [1.82, 2.24) is 4.90 Å². The van der Waals surface area contributed by atoms with Crippen LogP contribution in [0.1, 0.15) is 18.4 Å². The van der Waals surface area contributed by atoms with Gasteiger partial charge in [-0.2, -0.15) is 0 Å². The van der Waals surface area contributed by atoms with Crippen LogP contribution in [-0.4, -0.2) is 54.0 Å². The highest BCUT2D eigenvalue weighted by atomic mass is 19.1. The highest BCUT2D eigenvalue weighted by molar-refractivity contribution is 5.80. The van der Waals surface area contributed by atoms with Gasteiger partial charge in [0, 0.05) is 25.9 Å². The maximum Gasteiger partial charge on any atom is 0.324 e.